The van der Waals surface area contributed by atoms with Crippen LogP contribution in [0.3, 0.4) is 0 Å². The van der Waals surface area contributed by atoms with Gasteiger partial charge in [-0.1, -0.05) is 5.16 Å². The first-order valence-corrected chi connectivity index (χ1v) is 9.78. The van der Waals surface area contributed by atoms with Crippen LogP contribution in [0.25, 0.3) is 21.1 Å². The number of aromatic nitrogens is 3. The molecule has 0 amide bonds. The third kappa shape index (κ3) is 3.42. The molecule has 1 aliphatic heterocycles. The first kappa shape index (κ1) is 17.6. The molecular weight excluding hydrogens is 358 g/mol. The van der Waals surface area contributed by atoms with Gasteiger partial charge in [-0.25, -0.2) is 9.97 Å². The van der Waals surface area contributed by atoms with Crippen molar-refractivity contribution >= 4 is 22.7 Å². The Hall–Kier alpha value is -2.80. The van der Waals surface area contributed by atoms with E-state index in [1.807, 2.05) is 32.2 Å². The molecule has 0 bridgehead atoms. The van der Waals surface area contributed by atoms with Crippen LogP contribution in [0.1, 0.15) is 24.7 Å². The van der Waals surface area contributed by atoms with Crippen molar-refractivity contribution < 1.29 is 4.84 Å². The first-order valence-electron chi connectivity index (χ1n) is 8.97. The van der Waals surface area contributed by atoms with Gasteiger partial charge in [0.25, 0.3) is 0 Å². The Kier molecular flexibility index (Phi) is 4.85. The van der Waals surface area contributed by atoms with E-state index in [4.69, 9.17) is 14.8 Å². The van der Waals surface area contributed by atoms with Crippen molar-refractivity contribution in [1.29, 1.82) is 0 Å². The summed E-state index contributed by atoms with van der Waals surface area (Å²) in [6.45, 7) is 5.42. The van der Waals surface area contributed by atoms with E-state index in [0.717, 1.165) is 56.9 Å². The Morgan fingerprint density at radius 2 is 2.15 bits per heavy atom. The van der Waals surface area contributed by atoms with E-state index in [-0.39, 0.29) is 0 Å². The van der Waals surface area contributed by atoms with Crippen molar-refractivity contribution in [1.82, 2.24) is 15.0 Å². The summed E-state index contributed by atoms with van der Waals surface area (Å²) in [5.41, 5.74) is 5.79. The monoisotopic (exact) mass is 379 g/mol. The van der Waals surface area contributed by atoms with Crippen LogP contribution < -0.4 is 4.90 Å². The molecule has 4 heterocycles. The second kappa shape index (κ2) is 7.44. The SMILES string of the molecule is CCO/N=C1\CCN(C)c2ccc(-c3sc(-c4cccnc4)nc3C)nc21. The molecule has 1 aliphatic rings. The van der Waals surface area contributed by atoms with Gasteiger partial charge in [0.2, 0.25) is 0 Å². The molecule has 4 rings (SSSR count). The number of hydrogen-bond acceptors (Lipinski definition) is 7. The quantitative estimate of drug-likeness (QED) is 0.637. The summed E-state index contributed by atoms with van der Waals surface area (Å²) in [6.07, 6.45) is 4.43. The number of anilines is 1. The summed E-state index contributed by atoms with van der Waals surface area (Å²) in [4.78, 5) is 22.4. The van der Waals surface area contributed by atoms with Crippen molar-refractivity contribution in [3.8, 4) is 21.1 Å². The van der Waals surface area contributed by atoms with E-state index in [9.17, 15) is 0 Å². The molecule has 27 heavy (non-hydrogen) atoms. The number of aryl methyl sites for hydroxylation is 1. The van der Waals surface area contributed by atoms with E-state index in [1.165, 1.54) is 0 Å². The summed E-state index contributed by atoms with van der Waals surface area (Å²) in [5.74, 6) is 0. The molecule has 0 unspecified atom stereocenters. The van der Waals surface area contributed by atoms with Gasteiger partial charge < -0.3 is 9.74 Å². The third-order valence-corrected chi connectivity index (χ3v) is 5.71. The number of pyridine rings is 2. The number of fused-ring (bicyclic) bond motifs is 1. The predicted molar refractivity (Wildman–Crippen MR) is 109 cm³/mol. The predicted octanol–water partition coefficient (Wildman–Crippen LogP) is 4.16. The van der Waals surface area contributed by atoms with Crippen LogP contribution in [-0.2, 0) is 4.84 Å². The van der Waals surface area contributed by atoms with Gasteiger partial charge in [-0.05, 0) is 38.1 Å². The highest BCUT2D eigenvalue weighted by Gasteiger charge is 2.23. The number of oxime groups is 1. The third-order valence-electron chi connectivity index (χ3n) is 4.48. The average Bonchev–Trinajstić information content (AvgIpc) is 3.10. The minimum atomic E-state index is 0.552. The highest BCUT2D eigenvalue weighted by atomic mass is 32.1. The van der Waals surface area contributed by atoms with E-state index < -0.39 is 0 Å². The molecule has 0 fully saturated rings. The van der Waals surface area contributed by atoms with Gasteiger partial charge in [0.1, 0.15) is 23.0 Å². The number of rotatable bonds is 4. The lowest BCUT2D eigenvalue weighted by atomic mass is 10.0. The zero-order chi connectivity index (χ0) is 18.8. The lowest BCUT2D eigenvalue weighted by Gasteiger charge is -2.27. The van der Waals surface area contributed by atoms with Crippen LogP contribution in [0.4, 0.5) is 5.69 Å². The van der Waals surface area contributed by atoms with Gasteiger partial charge in [0.05, 0.1) is 22.0 Å². The maximum absolute atomic E-state index is 5.31. The van der Waals surface area contributed by atoms with Crippen molar-refractivity contribution in [2.45, 2.75) is 20.3 Å². The summed E-state index contributed by atoms with van der Waals surface area (Å²) in [7, 11) is 2.08. The Bertz CT molecular complexity index is 983. The number of hydrogen-bond donors (Lipinski definition) is 0. The Labute approximate surface area is 162 Å². The van der Waals surface area contributed by atoms with Gasteiger partial charge in [-0.2, -0.15) is 0 Å². The fraction of sp³-hybridized carbons (Fsp3) is 0.300. The standard InChI is InChI=1S/C20H21N5OS/c1-4-26-24-15-9-11-25(3)17-8-7-16(23-18(15)17)19-13(2)22-20(27-19)14-6-5-10-21-12-14/h5-8,10,12H,4,9,11H2,1-3H3/b24-15+. The van der Waals surface area contributed by atoms with Crippen LogP contribution in [0, 0.1) is 6.92 Å². The van der Waals surface area contributed by atoms with E-state index in [0.29, 0.717) is 6.61 Å². The molecular formula is C20H21N5OS. The minimum Gasteiger partial charge on any atom is -0.396 e. The maximum Gasteiger partial charge on any atom is 0.125 e. The number of nitrogens with zero attached hydrogens (tertiary/aromatic N) is 5. The molecule has 0 atom stereocenters. The zero-order valence-electron chi connectivity index (χ0n) is 15.6. The average molecular weight is 379 g/mol. The molecule has 0 radical (unpaired) electrons. The van der Waals surface area contributed by atoms with Crippen molar-refractivity contribution in [2.24, 2.45) is 5.16 Å². The lowest BCUT2D eigenvalue weighted by Crippen LogP contribution is -2.29. The first-order chi connectivity index (χ1) is 13.2. The van der Waals surface area contributed by atoms with E-state index in [2.05, 4.69) is 34.2 Å². The normalized spacial score (nSPS) is 15.1. The molecule has 0 N–H and O–H groups in total. The van der Waals surface area contributed by atoms with Crippen LogP contribution >= 0.6 is 11.3 Å². The van der Waals surface area contributed by atoms with Crippen molar-refractivity contribution in [3.05, 3.63) is 48.0 Å². The second-order valence-electron chi connectivity index (χ2n) is 6.37. The maximum atomic E-state index is 5.31. The lowest BCUT2D eigenvalue weighted by molar-refractivity contribution is 0.158. The highest BCUT2D eigenvalue weighted by molar-refractivity contribution is 7.18. The summed E-state index contributed by atoms with van der Waals surface area (Å²) >= 11 is 1.64. The molecule has 138 valence electrons. The molecule has 3 aromatic heterocycles. The van der Waals surface area contributed by atoms with Crippen molar-refractivity contribution in [3.63, 3.8) is 0 Å². The number of thiazole rings is 1. The summed E-state index contributed by atoms with van der Waals surface area (Å²) in [5, 5.41) is 5.25. The Balaban J connectivity index is 1.77. The topological polar surface area (TPSA) is 63.5 Å². The largest absolute Gasteiger partial charge is 0.396 e. The minimum absolute atomic E-state index is 0.552. The molecule has 0 aromatic carbocycles. The van der Waals surface area contributed by atoms with Gasteiger partial charge in [0, 0.05) is 38.0 Å². The summed E-state index contributed by atoms with van der Waals surface area (Å²) in [6, 6.07) is 8.13. The smallest absolute Gasteiger partial charge is 0.125 e. The molecule has 7 heteroatoms. The molecule has 3 aromatic rings. The van der Waals surface area contributed by atoms with Gasteiger partial charge >= 0.3 is 0 Å². The van der Waals surface area contributed by atoms with Gasteiger partial charge in [-0.3, -0.25) is 4.98 Å². The second-order valence-corrected chi connectivity index (χ2v) is 7.37. The molecule has 0 saturated heterocycles. The van der Waals surface area contributed by atoms with Crippen LogP contribution in [0.15, 0.2) is 41.8 Å². The zero-order valence-corrected chi connectivity index (χ0v) is 16.5. The Morgan fingerprint density at radius 3 is 2.93 bits per heavy atom. The summed E-state index contributed by atoms with van der Waals surface area (Å²) < 4.78 is 0. The fourth-order valence-corrected chi connectivity index (χ4v) is 4.12. The molecule has 0 saturated carbocycles. The van der Waals surface area contributed by atoms with E-state index in [1.54, 1.807) is 17.5 Å². The molecule has 0 spiro atoms. The van der Waals surface area contributed by atoms with Crippen LogP contribution in [0.2, 0.25) is 0 Å². The fourth-order valence-electron chi connectivity index (χ4n) is 3.09. The molecule has 6 nitrogen and oxygen atoms in total. The van der Waals surface area contributed by atoms with E-state index >= 15 is 0 Å². The van der Waals surface area contributed by atoms with Gasteiger partial charge in [0.15, 0.2) is 0 Å². The van der Waals surface area contributed by atoms with Gasteiger partial charge in [-0.15, -0.1) is 11.3 Å². The molecule has 0 aliphatic carbocycles. The van der Waals surface area contributed by atoms with Crippen LogP contribution in [0.5, 0.6) is 0 Å². The van der Waals surface area contributed by atoms with Crippen molar-refractivity contribution in [2.75, 3.05) is 25.1 Å². The highest BCUT2D eigenvalue weighted by Crippen LogP contribution is 2.36. The Morgan fingerprint density at radius 1 is 1.26 bits per heavy atom. The van der Waals surface area contributed by atoms with Crippen LogP contribution in [-0.4, -0.2) is 40.9 Å².